The molecule has 0 saturated heterocycles. The van der Waals surface area contributed by atoms with Gasteiger partial charge in [-0.15, -0.1) is 11.8 Å². The zero-order valence-corrected chi connectivity index (χ0v) is 8.94. The lowest BCUT2D eigenvalue weighted by Gasteiger charge is -2.01. The third-order valence-electron chi connectivity index (χ3n) is 2.16. The van der Waals surface area contributed by atoms with E-state index < -0.39 is 12.0 Å². The van der Waals surface area contributed by atoms with Crippen molar-refractivity contribution in [3.8, 4) is 11.5 Å². The molecule has 0 spiro atoms. The maximum absolute atomic E-state index is 10.7. The summed E-state index contributed by atoms with van der Waals surface area (Å²) in [5.41, 5.74) is 0.615. The lowest BCUT2D eigenvalue weighted by Crippen LogP contribution is -2.17. The number of carbonyl (C=O) groups is 1. The summed E-state index contributed by atoms with van der Waals surface area (Å²) in [6, 6.07) is 3.58. The number of phenolic OH excluding ortho intramolecular Hbond substituents is 2. The molecule has 0 bridgehead atoms. The van der Waals surface area contributed by atoms with Gasteiger partial charge < -0.3 is 15.3 Å². The summed E-state index contributed by atoms with van der Waals surface area (Å²) >= 11 is 1.32. The van der Waals surface area contributed by atoms with E-state index in [2.05, 4.69) is 4.99 Å². The first-order valence-electron chi connectivity index (χ1n) is 4.53. The highest BCUT2D eigenvalue weighted by molar-refractivity contribution is 8.14. The van der Waals surface area contributed by atoms with E-state index >= 15 is 0 Å². The van der Waals surface area contributed by atoms with E-state index in [-0.39, 0.29) is 11.5 Å². The molecule has 1 aromatic rings. The van der Waals surface area contributed by atoms with Gasteiger partial charge in [-0.3, -0.25) is 4.99 Å². The van der Waals surface area contributed by atoms with Crippen LogP contribution in [0, 0.1) is 0 Å². The van der Waals surface area contributed by atoms with Crippen LogP contribution in [0.1, 0.15) is 5.56 Å². The van der Waals surface area contributed by atoms with E-state index in [1.54, 1.807) is 6.07 Å². The standard InChI is InChI=1S/C10H9NO4S/c12-7-2-1-5(3-8(7)13)9-11-6(4-16-9)10(14)15/h1-3,6,12-13H,4H2,(H,14,15). The van der Waals surface area contributed by atoms with Gasteiger partial charge in [0.2, 0.25) is 0 Å². The second-order valence-corrected chi connectivity index (χ2v) is 4.31. The van der Waals surface area contributed by atoms with Gasteiger partial charge in [0.25, 0.3) is 0 Å². The summed E-state index contributed by atoms with van der Waals surface area (Å²) < 4.78 is 0. The second kappa shape index (κ2) is 4.05. The molecule has 0 aliphatic carbocycles. The Hall–Kier alpha value is -1.69. The number of aliphatic imine (C=N–C) groups is 1. The van der Waals surface area contributed by atoms with Gasteiger partial charge in [0, 0.05) is 11.3 Å². The normalized spacial score (nSPS) is 19.5. The van der Waals surface area contributed by atoms with Gasteiger partial charge in [-0.1, -0.05) is 0 Å². The number of nitrogens with zero attached hydrogens (tertiary/aromatic N) is 1. The van der Waals surface area contributed by atoms with Gasteiger partial charge in [0.15, 0.2) is 17.5 Å². The third-order valence-corrected chi connectivity index (χ3v) is 3.26. The Balaban J connectivity index is 2.29. The van der Waals surface area contributed by atoms with E-state index in [0.29, 0.717) is 16.4 Å². The fraction of sp³-hybridized carbons (Fsp3) is 0.200. The average Bonchev–Trinajstić information content (AvgIpc) is 2.71. The van der Waals surface area contributed by atoms with Crippen LogP contribution >= 0.6 is 11.8 Å². The lowest BCUT2D eigenvalue weighted by molar-refractivity contribution is -0.137. The van der Waals surface area contributed by atoms with Crippen molar-refractivity contribution in [2.75, 3.05) is 5.75 Å². The summed E-state index contributed by atoms with van der Waals surface area (Å²) in [6.45, 7) is 0. The molecule has 16 heavy (non-hydrogen) atoms. The summed E-state index contributed by atoms with van der Waals surface area (Å²) in [7, 11) is 0. The van der Waals surface area contributed by atoms with Crippen LogP contribution in [0.5, 0.6) is 11.5 Å². The van der Waals surface area contributed by atoms with Crippen molar-refractivity contribution in [3.63, 3.8) is 0 Å². The molecule has 2 rings (SSSR count). The van der Waals surface area contributed by atoms with Crippen molar-refractivity contribution in [2.24, 2.45) is 4.99 Å². The van der Waals surface area contributed by atoms with Crippen LogP contribution in [0.4, 0.5) is 0 Å². The number of hydrogen-bond acceptors (Lipinski definition) is 5. The first-order chi connectivity index (χ1) is 7.58. The van der Waals surface area contributed by atoms with Gasteiger partial charge in [-0.2, -0.15) is 0 Å². The van der Waals surface area contributed by atoms with Crippen LogP contribution in [0.2, 0.25) is 0 Å². The predicted molar refractivity (Wildman–Crippen MR) is 60.2 cm³/mol. The SMILES string of the molecule is O=C(O)C1CSC(c2ccc(O)c(O)c2)=N1. The van der Waals surface area contributed by atoms with E-state index in [1.807, 2.05) is 0 Å². The lowest BCUT2D eigenvalue weighted by atomic mass is 10.2. The van der Waals surface area contributed by atoms with Crippen LogP contribution in [-0.2, 0) is 4.79 Å². The Morgan fingerprint density at radius 3 is 2.69 bits per heavy atom. The molecule has 1 heterocycles. The van der Waals surface area contributed by atoms with Gasteiger partial charge in [0.05, 0.1) is 5.04 Å². The van der Waals surface area contributed by atoms with E-state index in [1.165, 1.54) is 23.9 Å². The molecule has 1 unspecified atom stereocenters. The van der Waals surface area contributed by atoms with Crippen molar-refractivity contribution < 1.29 is 20.1 Å². The van der Waals surface area contributed by atoms with Crippen LogP contribution in [-0.4, -0.2) is 38.1 Å². The van der Waals surface area contributed by atoms with E-state index in [4.69, 9.17) is 10.2 Å². The van der Waals surface area contributed by atoms with Crippen molar-refractivity contribution in [2.45, 2.75) is 6.04 Å². The molecule has 0 amide bonds. The van der Waals surface area contributed by atoms with Crippen LogP contribution < -0.4 is 0 Å². The zero-order valence-electron chi connectivity index (χ0n) is 8.12. The van der Waals surface area contributed by atoms with Crippen LogP contribution in [0.15, 0.2) is 23.2 Å². The highest BCUT2D eigenvalue weighted by Gasteiger charge is 2.25. The molecule has 84 valence electrons. The maximum atomic E-state index is 10.7. The first-order valence-corrected chi connectivity index (χ1v) is 5.52. The first kappa shape index (κ1) is 10.8. The molecule has 0 aromatic heterocycles. The third kappa shape index (κ3) is 1.96. The zero-order chi connectivity index (χ0) is 11.7. The van der Waals surface area contributed by atoms with Crippen molar-refractivity contribution in [1.29, 1.82) is 0 Å². The Labute approximate surface area is 95.4 Å². The molecule has 0 saturated carbocycles. The van der Waals surface area contributed by atoms with E-state index in [0.717, 1.165) is 0 Å². The molecule has 0 fully saturated rings. The molecule has 1 aromatic carbocycles. The minimum atomic E-state index is -0.953. The summed E-state index contributed by atoms with van der Waals surface area (Å²) in [5, 5.41) is 27.8. The Kier molecular flexibility index (Phi) is 2.74. The fourth-order valence-corrected chi connectivity index (χ4v) is 2.34. The molecule has 1 aliphatic rings. The number of hydrogen-bond donors (Lipinski definition) is 3. The number of aliphatic carboxylic acids is 1. The molecular weight excluding hydrogens is 230 g/mol. The van der Waals surface area contributed by atoms with Gasteiger partial charge >= 0.3 is 5.97 Å². The summed E-state index contributed by atoms with van der Waals surface area (Å²) in [6.07, 6.45) is 0. The van der Waals surface area contributed by atoms with Crippen molar-refractivity contribution in [1.82, 2.24) is 0 Å². The molecule has 0 radical (unpaired) electrons. The largest absolute Gasteiger partial charge is 0.504 e. The quantitative estimate of drug-likeness (QED) is 0.671. The number of benzene rings is 1. The average molecular weight is 239 g/mol. The number of rotatable bonds is 2. The summed E-state index contributed by atoms with van der Waals surface area (Å²) in [4.78, 5) is 14.7. The number of carboxylic acid groups (broad SMARTS) is 1. The molecule has 1 atom stereocenters. The predicted octanol–water partition coefficient (Wildman–Crippen LogP) is 1.04. The number of carboxylic acids is 1. The van der Waals surface area contributed by atoms with E-state index in [9.17, 15) is 9.90 Å². The molecular formula is C10H9NO4S. The summed E-state index contributed by atoms with van der Waals surface area (Å²) in [5.74, 6) is -1.00. The van der Waals surface area contributed by atoms with Gasteiger partial charge in [-0.05, 0) is 18.2 Å². The Bertz CT molecular complexity index is 472. The molecule has 1 aliphatic heterocycles. The minimum Gasteiger partial charge on any atom is -0.504 e. The van der Waals surface area contributed by atoms with Crippen LogP contribution in [0.3, 0.4) is 0 Å². The molecule has 5 nitrogen and oxygen atoms in total. The van der Waals surface area contributed by atoms with Crippen molar-refractivity contribution in [3.05, 3.63) is 23.8 Å². The van der Waals surface area contributed by atoms with Gasteiger partial charge in [-0.25, -0.2) is 4.79 Å². The topological polar surface area (TPSA) is 90.1 Å². The Morgan fingerprint density at radius 2 is 2.12 bits per heavy atom. The number of phenols is 2. The molecule has 3 N–H and O–H groups in total. The number of thioether (sulfide) groups is 1. The maximum Gasteiger partial charge on any atom is 0.329 e. The van der Waals surface area contributed by atoms with Gasteiger partial charge in [0.1, 0.15) is 0 Å². The van der Waals surface area contributed by atoms with Crippen LogP contribution in [0.25, 0.3) is 0 Å². The monoisotopic (exact) mass is 239 g/mol. The second-order valence-electron chi connectivity index (χ2n) is 3.30. The highest BCUT2D eigenvalue weighted by atomic mass is 32.2. The molecule has 6 heteroatoms. The fourth-order valence-electron chi connectivity index (χ4n) is 1.31. The minimum absolute atomic E-state index is 0.206. The van der Waals surface area contributed by atoms with Crippen molar-refractivity contribution >= 4 is 22.8 Å². The number of aromatic hydroxyl groups is 2. The highest BCUT2D eigenvalue weighted by Crippen LogP contribution is 2.29. The Morgan fingerprint density at radius 1 is 1.38 bits per heavy atom. The smallest absolute Gasteiger partial charge is 0.329 e.